The quantitative estimate of drug-likeness (QED) is 0.739. The number of nitrogens with one attached hydrogen (secondary N) is 1. The summed E-state index contributed by atoms with van der Waals surface area (Å²) >= 11 is 0. The fourth-order valence-corrected chi connectivity index (χ4v) is 2.28. The van der Waals surface area contributed by atoms with Gasteiger partial charge in [-0.1, -0.05) is 12.1 Å². The minimum Gasteiger partial charge on any atom is -0.366 e. The van der Waals surface area contributed by atoms with Crippen LogP contribution < -0.4 is 11.1 Å². The summed E-state index contributed by atoms with van der Waals surface area (Å²) in [5.41, 5.74) is 6.66. The molecule has 0 saturated heterocycles. The maximum Gasteiger partial charge on any atom is 0.416 e. The molecule has 0 radical (unpaired) electrons. The summed E-state index contributed by atoms with van der Waals surface area (Å²) in [5, 5.41) is 2.93. The molecular formula is C18H13F3N4O. The Labute approximate surface area is 146 Å². The number of nitrogens with two attached hydrogens (primary N) is 1. The van der Waals surface area contributed by atoms with Crippen molar-refractivity contribution in [3.8, 4) is 11.3 Å². The Morgan fingerprint density at radius 2 is 1.62 bits per heavy atom. The lowest BCUT2D eigenvalue weighted by molar-refractivity contribution is -0.137. The third-order valence-corrected chi connectivity index (χ3v) is 3.62. The van der Waals surface area contributed by atoms with Crippen molar-refractivity contribution in [2.75, 3.05) is 5.32 Å². The summed E-state index contributed by atoms with van der Waals surface area (Å²) in [5.74, 6) is -0.0994. The molecule has 0 aliphatic carbocycles. The topological polar surface area (TPSA) is 80.9 Å². The van der Waals surface area contributed by atoms with Gasteiger partial charge in [-0.25, -0.2) is 9.97 Å². The Balaban J connectivity index is 1.80. The van der Waals surface area contributed by atoms with Crippen molar-refractivity contribution in [2.24, 2.45) is 5.73 Å². The van der Waals surface area contributed by atoms with Gasteiger partial charge in [0.05, 0.1) is 11.3 Å². The molecule has 26 heavy (non-hydrogen) atoms. The van der Waals surface area contributed by atoms with Gasteiger partial charge in [0.1, 0.15) is 12.1 Å². The molecule has 3 N–H and O–H groups in total. The molecule has 1 aromatic heterocycles. The van der Waals surface area contributed by atoms with Crippen LogP contribution in [0.5, 0.6) is 0 Å². The van der Waals surface area contributed by atoms with Crippen LogP contribution in [0.15, 0.2) is 60.9 Å². The van der Waals surface area contributed by atoms with Crippen LogP contribution in [0.1, 0.15) is 15.9 Å². The number of nitrogens with zero attached hydrogens (tertiary/aromatic N) is 2. The molecule has 0 aliphatic rings. The second-order valence-corrected chi connectivity index (χ2v) is 5.43. The van der Waals surface area contributed by atoms with E-state index in [2.05, 4.69) is 15.3 Å². The molecule has 0 fully saturated rings. The number of hydrogen-bond acceptors (Lipinski definition) is 4. The highest BCUT2D eigenvalue weighted by Crippen LogP contribution is 2.30. The molecule has 3 aromatic rings. The van der Waals surface area contributed by atoms with Gasteiger partial charge in [-0.3, -0.25) is 4.79 Å². The van der Waals surface area contributed by atoms with Gasteiger partial charge in [0, 0.05) is 22.9 Å². The maximum absolute atomic E-state index is 12.6. The molecule has 3 rings (SSSR count). The van der Waals surface area contributed by atoms with E-state index >= 15 is 0 Å². The summed E-state index contributed by atoms with van der Waals surface area (Å²) in [4.78, 5) is 19.3. The summed E-state index contributed by atoms with van der Waals surface area (Å²) in [6, 6.07) is 12.9. The summed E-state index contributed by atoms with van der Waals surface area (Å²) in [6.07, 6.45) is -3.04. The highest BCUT2D eigenvalue weighted by atomic mass is 19.4. The lowest BCUT2D eigenvalue weighted by atomic mass is 10.1. The fraction of sp³-hybridized carbons (Fsp3) is 0.0556. The van der Waals surface area contributed by atoms with E-state index in [1.807, 2.05) is 0 Å². The highest BCUT2D eigenvalue weighted by Gasteiger charge is 2.29. The van der Waals surface area contributed by atoms with Crippen molar-refractivity contribution in [3.63, 3.8) is 0 Å². The van der Waals surface area contributed by atoms with E-state index in [-0.39, 0.29) is 0 Å². The van der Waals surface area contributed by atoms with Crippen LogP contribution in [0.3, 0.4) is 0 Å². The third-order valence-electron chi connectivity index (χ3n) is 3.62. The summed E-state index contributed by atoms with van der Waals surface area (Å²) in [7, 11) is 0. The Kier molecular flexibility index (Phi) is 4.57. The van der Waals surface area contributed by atoms with Crippen LogP contribution in [0.4, 0.5) is 24.7 Å². The van der Waals surface area contributed by atoms with E-state index < -0.39 is 17.6 Å². The Bertz CT molecular complexity index is 922. The molecular weight excluding hydrogens is 345 g/mol. The number of rotatable bonds is 4. The molecule has 0 atom stereocenters. The van der Waals surface area contributed by atoms with Crippen LogP contribution in [0, 0.1) is 0 Å². The zero-order chi connectivity index (χ0) is 18.7. The van der Waals surface area contributed by atoms with Crippen molar-refractivity contribution in [2.45, 2.75) is 6.18 Å². The standard InChI is InChI=1S/C18H13F3N4O/c19-18(20,21)13-5-7-14(8-6-13)25-16-9-15(23-10-24-16)11-1-3-12(4-2-11)17(22)26/h1-10H,(H2,22,26)(H,23,24,25). The lowest BCUT2D eigenvalue weighted by Gasteiger charge is -2.10. The molecule has 8 heteroatoms. The van der Waals surface area contributed by atoms with Crippen LogP contribution >= 0.6 is 0 Å². The summed E-state index contributed by atoms with van der Waals surface area (Å²) < 4.78 is 37.8. The minimum absolute atomic E-state index is 0.380. The smallest absolute Gasteiger partial charge is 0.366 e. The van der Waals surface area contributed by atoms with E-state index in [9.17, 15) is 18.0 Å². The first-order valence-corrected chi connectivity index (χ1v) is 7.49. The maximum atomic E-state index is 12.6. The van der Waals surface area contributed by atoms with Gasteiger partial charge in [0.25, 0.3) is 0 Å². The Morgan fingerprint density at radius 3 is 2.19 bits per heavy atom. The molecule has 0 unspecified atom stereocenters. The average molecular weight is 358 g/mol. The van der Waals surface area contributed by atoms with E-state index in [1.165, 1.54) is 18.5 Å². The van der Waals surface area contributed by atoms with Crippen molar-refractivity contribution in [1.82, 2.24) is 9.97 Å². The first kappa shape index (κ1) is 17.4. The van der Waals surface area contributed by atoms with Crippen LogP contribution in [-0.4, -0.2) is 15.9 Å². The highest BCUT2D eigenvalue weighted by molar-refractivity contribution is 5.93. The fourth-order valence-electron chi connectivity index (χ4n) is 2.28. The molecule has 1 heterocycles. The van der Waals surface area contributed by atoms with E-state index in [0.29, 0.717) is 22.8 Å². The Hall–Kier alpha value is -3.42. The number of primary amides is 1. The minimum atomic E-state index is -4.38. The van der Waals surface area contributed by atoms with E-state index in [1.54, 1.807) is 30.3 Å². The number of alkyl halides is 3. The van der Waals surface area contributed by atoms with E-state index in [0.717, 1.165) is 17.7 Å². The number of halogens is 3. The normalized spacial score (nSPS) is 11.2. The number of carbonyl (C=O) groups is 1. The second kappa shape index (κ2) is 6.83. The summed E-state index contributed by atoms with van der Waals surface area (Å²) in [6.45, 7) is 0. The predicted octanol–water partition coefficient (Wildman–Crippen LogP) is 4.00. The largest absolute Gasteiger partial charge is 0.416 e. The van der Waals surface area contributed by atoms with Crippen LogP contribution in [-0.2, 0) is 6.18 Å². The lowest BCUT2D eigenvalue weighted by Crippen LogP contribution is -2.10. The Morgan fingerprint density at radius 1 is 0.962 bits per heavy atom. The third kappa shape index (κ3) is 3.97. The van der Waals surface area contributed by atoms with Gasteiger partial charge in [-0.15, -0.1) is 0 Å². The zero-order valence-corrected chi connectivity index (χ0v) is 13.3. The number of amides is 1. The number of hydrogen-bond donors (Lipinski definition) is 2. The number of carbonyl (C=O) groups excluding carboxylic acids is 1. The monoisotopic (exact) mass is 358 g/mol. The molecule has 5 nitrogen and oxygen atoms in total. The van der Waals surface area contributed by atoms with Gasteiger partial charge >= 0.3 is 6.18 Å². The average Bonchev–Trinajstić information content (AvgIpc) is 2.62. The van der Waals surface area contributed by atoms with Gasteiger partial charge in [0.15, 0.2) is 0 Å². The van der Waals surface area contributed by atoms with Crippen molar-refractivity contribution in [1.29, 1.82) is 0 Å². The van der Waals surface area contributed by atoms with Crippen molar-refractivity contribution in [3.05, 3.63) is 72.1 Å². The molecule has 0 bridgehead atoms. The van der Waals surface area contributed by atoms with Crippen LogP contribution in [0.2, 0.25) is 0 Å². The molecule has 132 valence electrons. The molecule has 0 spiro atoms. The van der Waals surface area contributed by atoms with E-state index in [4.69, 9.17) is 5.73 Å². The SMILES string of the molecule is NC(=O)c1ccc(-c2cc(Nc3ccc(C(F)(F)F)cc3)ncn2)cc1. The molecule has 0 aliphatic heterocycles. The molecule has 0 saturated carbocycles. The number of aromatic nitrogens is 2. The van der Waals surface area contributed by atoms with Crippen molar-refractivity contribution >= 4 is 17.4 Å². The predicted molar refractivity (Wildman–Crippen MR) is 90.7 cm³/mol. The van der Waals surface area contributed by atoms with Gasteiger partial charge < -0.3 is 11.1 Å². The number of anilines is 2. The van der Waals surface area contributed by atoms with Gasteiger partial charge in [-0.05, 0) is 36.4 Å². The van der Waals surface area contributed by atoms with Gasteiger partial charge in [-0.2, -0.15) is 13.2 Å². The van der Waals surface area contributed by atoms with Crippen molar-refractivity contribution < 1.29 is 18.0 Å². The first-order chi connectivity index (χ1) is 12.3. The number of benzene rings is 2. The zero-order valence-electron chi connectivity index (χ0n) is 13.3. The van der Waals surface area contributed by atoms with Gasteiger partial charge in [0.2, 0.25) is 5.91 Å². The molecule has 2 aromatic carbocycles. The second-order valence-electron chi connectivity index (χ2n) is 5.43. The first-order valence-electron chi connectivity index (χ1n) is 7.49. The van der Waals surface area contributed by atoms with Crippen LogP contribution in [0.25, 0.3) is 11.3 Å². The molecule has 1 amide bonds.